The van der Waals surface area contributed by atoms with E-state index in [1.807, 2.05) is 0 Å². The summed E-state index contributed by atoms with van der Waals surface area (Å²) in [5, 5.41) is 0. The number of amides is 2. The fourth-order valence-corrected chi connectivity index (χ4v) is 1.31. The van der Waals surface area contributed by atoms with Crippen LogP contribution in [0.5, 0.6) is 5.75 Å². The number of carbonyl (C=O) groups excluding carboxylic acids is 2. The number of rotatable bonds is 5. The maximum Gasteiger partial charge on any atom is 0.242 e. The Balaban J connectivity index is 2.37. The first-order chi connectivity index (χ1) is 8.65. The molecule has 98 valence electrons. The minimum atomic E-state index is -0.305. The van der Waals surface area contributed by atoms with Gasteiger partial charge in [0.2, 0.25) is 11.8 Å². The molecule has 0 bridgehead atoms. The molecule has 0 heterocycles. The average Bonchev–Trinajstić information content (AvgIpc) is 2.38. The lowest BCUT2D eigenvalue weighted by atomic mass is 10.1. The maximum atomic E-state index is 11.5. The molecule has 0 saturated heterocycles. The Morgan fingerprint density at radius 3 is 2.33 bits per heavy atom. The highest BCUT2D eigenvalue weighted by atomic mass is 16.5. The number of hydrazine groups is 1. The van der Waals surface area contributed by atoms with Crippen LogP contribution in [0.15, 0.2) is 24.3 Å². The van der Waals surface area contributed by atoms with E-state index < -0.39 is 0 Å². The smallest absolute Gasteiger partial charge is 0.242 e. The van der Waals surface area contributed by atoms with Crippen LogP contribution < -0.4 is 21.3 Å². The van der Waals surface area contributed by atoms with Gasteiger partial charge in [0.1, 0.15) is 5.75 Å². The third-order valence-corrected chi connectivity index (χ3v) is 2.24. The molecule has 0 aliphatic heterocycles. The maximum absolute atomic E-state index is 11.5. The van der Waals surface area contributed by atoms with Crippen molar-refractivity contribution in [2.75, 3.05) is 13.7 Å². The lowest BCUT2D eigenvalue weighted by Crippen LogP contribution is -2.42. The Morgan fingerprint density at radius 2 is 1.78 bits per heavy atom. The van der Waals surface area contributed by atoms with Crippen molar-refractivity contribution in [3.8, 4) is 5.75 Å². The zero-order chi connectivity index (χ0) is 13.4. The molecule has 1 rings (SSSR count). The van der Waals surface area contributed by atoms with Crippen LogP contribution in [0.2, 0.25) is 0 Å². The largest absolute Gasteiger partial charge is 0.497 e. The van der Waals surface area contributed by atoms with E-state index in [1.54, 1.807) is 31.4 Å². The van der Waals surface area contributed by atoms with E-state index in [0.717, 1.165) is 11.3 Å². The van der Waals surface area contributed by atoms with Gasteiger partial charge >= 0.3 is 0 Å². The molecule has 1 aromatic rings. The molecule has 2 amide bonds. The van der Waals surface area contributed by atoms with Crippen LogP contribution in [0, 0.1) is 0 Å². The normalized spacial score (nSPS) is 9.67. The summed E-state index contributed by atoms with van der Waals surface area (Å²) in [6, 6.07) is 7.13. The molecule has 0 radical (unpaired) electrons. The molecule has 0 atom stereocenters. The summed E-state index contributed by atoms with van der Waals surface area (Å²) in [6.45, 7) is 0.250. The summed E-state index contributed by atoms with van der Waals surface area (Å²) in [6.07, 6.45) is 0.371. The zero-order valence-corrected chi connectivity index (χ0v) is 10.2. The van der Waals surface area contributed by atoms with Gasteiger partial charge in [-0.3, -0.25) is 20.4 Å². The molecule has 0 spiro atoms. The second-order valence-electron chi connectivity index (χ2n) is 3.66. The average molecular weight is 251 g/mol. The molecule has 4 N–H and O–H groups in total. The number of carbonyl (C=O) groups is 2. The summed E-state index contributed by atoms with van der Waals surface area (Å²) in [4.78, 5) is 22.5. The van der Waals surface area contributed by atoms with Crippen LogP contribution in [0.1, 0.15) is 12.0 Å². The van der Waals surface area contributed by atoms with Crippen LogP contribution in [-0.2, 0) is 16.0 Å². The van der Waals surface area contributed by atoms with E-state index in [2.05, 4.69) is 10.9 Å². The van der Waals surface area contributed by atoms with E-state index in [1.165, 1.54) is 0 Å². The highest BCUT2D eigenvalue weighted by molar-refractivity contribution is 5.83. The van der Waals surface area contributed by atoms with Crippen molar-refractivity contribution >= 4 is 11.8 Å². The van der Waals surface area contributed by atoms with Gasteiger partial charge in [0.15, 0.2) is 0 Å². The molecule has 18 heavy (non-hydrogen) atoms. The molecule has 0 aliphatic carbocycles. The van der Waals surface area contributed by atoms with E-state index in [4.69, 9.17) is 10.5 Å². The van der Waals surface area contributed by atoms with Gasteiger partial charge < -0.3 is 10.5 Å². The third-order valence-electron chi connectivity index (χ3n) is 2.24. The van der Waals surface area contributed by atoms with E-state index in [9.17, 15) is 9.59 Å². The highest BCUT2D eigenvalue weighted by Crippen LogP contribution is 2.11. The van der Waals surface area contributed by atoms with Crippen molar-refractivity contribution in [1.29, 1.82) is 0 Å². The topological polar surface area (TPSA) is 93.5 Å². The number of ether oxygens (including phenoxy) is 1. The first kappa shape index (κ1) is 14.0. The Kier molecular flexibility index (Phi) is 5.66. The van der Waals surface area contributed by atoms with Crippen molar-refractivity contribution < 1.29 is 14.3 Å². The van der Waals surface area contributed by atoms with Gasteiger partial charge in [0, 0.05) is 13.0 Å². The van der Waals surface area contributed by atoms with Gasteiger partial charge in [-0.1, -0.05) is 12.1 Å². The minimum Gasteiger partial charge on any atom is -0.497 e. The molecule has 1 aromatic carbocycles. The summed E-state index contributed by atoms with van der Waals surface area (Å²) < 4.78 is 5.01. The molecule has 6 heteroatoms. The number of hydrogen-bond donors (Lipinski definition) is 3. The fourth-order valence-electron chi connectivity index (χ4n) is 1.31. The monoisotopic (exact) mass is 251 g/mol. The second-order valence-corrected chi connectivity index (χ2v) is 3.66. The van der Waals surface area contributed by atoms with Crippen molar-refractivity contribution in [3.63, 3.8) is 0 Å². The van der Waals surface area contributed by atoms with Crippen LogP contribution in [0.3, 0.4) is 0 Å². The van der Waals surface area contributed by atoms with Gasteiger partial charge in [0.25, 0.3) is 0 Å². The van der Waals surface area contributed by atoms with Crippen molar-refractivity contribution in [2.24, 2.45) is 5.73 Å². The standard InChI is InChI=1S/C12H17N3O3/c1-18-10-4-2-9(3-5-10)8-12(17)15-14-11(16)6-7-13/h2-5H,6-8,13H2,1H3,(H,14,16)(H,15,17). The predicted molar refractivity (Wildman–Crippen MR) is 66.7 cm³/mol. The van der Waals surface area contributed by atoms with Crippen molar-refractivity contribution in [3.05, 3.63) is 29.8 Å². The summed E-state index contributed by atoms with van der Waals surface area (Å²) in [5.74, 6) is 0.140. The van der Waals surface area contributed by atoms with Gasteiger partial charge in [-0.25, -0.2) is 0 Å². The number of hydrogen-bond acceptors (Lipinski definition) is 4. The molecular formula is C12H17N3O3. The highest BCUT2D eigenvalue weighted by Gasteiger charge is 2.05. The first-order valence-electron chi connectivity index (χ1n) is 5.56. The van der Waals surface area contributed by atoms with Crippen LogP contribution >= 0.6 is 0 Å². The summed E-state index contributed by atoms with van der Waals surface area (Å²) >= 11 is 0. The Hall–Kier alpha value is -2.08. The molecule has 0 saturated carbocycles. The third kappa shape index (κ3) is 4.84. The molecule has 0 aromatic heterocycles. The van der Waals surface area contributed by atoms with Gasteiger partial charge in [-0.2, -0.15) is 0 Å². The summed E-state index contributed by atoms with van der Waals surface area (Å²) in [5.41, 5.74) is 10.6. The van der Waals surface area contributed by atoms with Crippen molar-refractivity contribution in [2.45, 2.75) is 12.8 Å². The van der Waals surface area contributed by atoms with Gasteiger partial charge in [-0.15, -0.1) is 0 Å². The Bertz CT molecular complexity index is 404. The SMILES string of the molecule is COc1ccc(CC(=O)NNC(=O)CCN)cc1. The fraction of sp³-hybridized carbons (Fsp3) is 0.333. The second kappa shape index (κ2) is 7.29. The van der Waals surface area contributed by atoms with Crippen molar-refractivity contribution in [1.82, 2.24) is 10.9 Å². The van der Waals surface area contributed by atoms with E-state index >= 15 is 0 Å². The minimum absolute atomic E-state index is 0.183. The first-order valence-corrected chi connectivity index (χ1v) is 5.56. The lowest BCUT2D eigenvalue weighted by Gasteiger charge is -2.07. The number of nitrogens with one attached hydrogen (secondary N) is 2. The van der Waals surface area contributed by atoms with E-state index in [-0.39, 0.29) is 31.2 Å². The number of nitrogens with two attached hydrogens (primary N) is 1. The molecule has 0 aliphatic rings. The summed E-state index contributed by atoms with van der Waals surface area (Å²) in [7, 11) is 1.58. The van der Waals surface area contributed by atoms with Gasteiger partial charge in [0.05, 0.1) is 13.5 Å². The number of methoxy groups -OCH3 is 1. The Labute approximate surface area is 105 Å². The molecule has 6 nitrogen and oxygen atoms in total. The quantitative estimate of drug-likeness (QED) is 0.628. The lowest BCUT2D eigenvalue weighted by molar-refractivity contribution is -0.128. The van der Waals surface area contributed by atoms with Crippen LogP contribution in [-0.4, -0.2) is 25.5 Å². The van der Waals surface area contributed by atoms with Gasteiger partial charge in [-0.05, 0) is 17.7 Å². The molecule has 0 fully saturated rings. The molecule has 0 unspecified atom stereocenters. The van der Waals surface area contributed by atoms with Crippen LogP contribution in [0.25, 0.3) is 0 Å². The van der Waals surface area contributed by atoms with Crippen LogP contribution in [0.4, 0.5) is 0 Å². The number of benzene rings is 1. The van der Waals surface area contributed by atoms with E-state index in [0.29, 0.717) is 0 Å². The molecular weight excluding hydrogens is 234 g/mol. The predicted octanol–water partition coefficient (Wildman–Crippen LogP) is -0.266. The Morgan fingerprint density at radius 1 is 1.17 bits per heavy atom. The zero-order valence-electron chi connectivity index (χ0n) is 10.2.